The number of hydrogen-bond donors (Lipinski definition) is 1. The lowest BCUT2D eigenvalue weighted by Crippen LogP contribution is -2.32. The second-order valence-electron chi connectivity index (χ2n) is 6.37. The topological polar surface area (TPSA) is 59.4 Å². The summed E-state index contributed by atoms with van der Waals surface area (Å²) in [7, 11) is 4.01. The zero-order valence-corrected chi connectivity index (χ0v) is 14.2. The van der Waals surface area contributed by atoms with Gasteiger partial charge in [0.25, 0.3) is 5.91 Å². The van der Waals surface area contributed by atoms with Crippen molar-refractivity contribution < 1.29 is 9.53 Å². The predicted octanol–water partition coefficient (Wildman–Crippen LogP) is 1.84. The van der Waals surface area contributed by atoms with E-state index in [1.165, 1.54) is 0 Å². The van der Waals surface area contributed by atoms with Crippen molar-refractivity contribution >= 4 is 5.91 Å². The molecule has 0 bridgehead atoms. The predicted molar refractivity (Wildman–Crippen MR) is 92.3 cm³/mol. The van der Waals surface area contributed by atoms with Crippen LogP contribution in [0.15, 0.2) is 36.8 Å². The van der Waals surface area contributed by atoms with E-state index in [9.17, 15) is 4.79 Å². The number of rotatable bonds is 6. The first-order valence-corrected chi connectivity index (χ1v) is 8.30. The first-order valence-electron chi connectivity index (χ1n) is 8.30. The Labute approximate surface area is 142 Å². The molecule has 2 aromatic rings. The third-order valence-electron chi connectivity index (χ3n) is 4.06. The number of amides is 1. The third-order valence-corrected chi connectivity index (χ3v) is 4.06. The number of hydrogen-bond acceptors (Lipinski definition) is 4. The van der Waals surface area contributed by atoms with Gasteiger partial charge in [-0.05, 0) is 39.1 Å². The maximum absolute atomic E-state index is 12.6. The Morgan fingerprint density at radius 1 is 1.42 bits per heavy atom. The monoisotopic (exact) mass is 328 g/mol. The Hall–Kier alpha value is -2.18. The van der Waals surface area contributed by atoms with Crippen molar-refractivity contribution in [2.45, 2.75) is 25.5 Å². The van der Waals surface area contributed by atoms with Gasteiger partial charge in [-0.2, -0.15) is 0 Å². The normalized spacial score (nSPS) is 17.4. The van der Waals surface area contributed by atoms with Crippen molar-refractivity contribution in [1.82, 2.24) is 19.8 Å². The fourth-order valence-electron chi connectivity index (χ4n) is 2.90. The van der Waals surface area contributed by atoms with Crippen molar-refractivity contribution in [3.63, 3.8) is 0 Å². The average molecular weight is 328 g/mol. The van der Waals surface area contributed by atoms with Crippen LogP contribution in [0.4, 0.5) is 0 Å². The standard InChI is InChI=1S/C18H24N4O2/c1-21(2)11-14-12-22(13-20-14)17-8-4-3-7-16(17)18(23)19-10-15-6-5-9-24-15/h3-4,7-8,12-13,15H,5-6,9-11H2,1-2H3,(H,19,23). The molecule has 1 fully saturated rings. The van der Waals surface area contributed by atoms with Gasteiger partial charge in [0.1, 0.15) is 0 Å². The lowest BCUT2D eigenvalue weighted by Gasteiger charge is -2.13. The quantitative estimate of drug-likeness (QED) is 0.879. The molecule has 0 saturated carbocycles. The molecule has 1 aromatic carbocycles. The van der Waals surface area contributed by atoms with Crippen LogP contribution in [-0.2, 0) is 11.3 Å². The minimum Gasteiger partial charge on any atom is -0.376 e. The fourth-order valence-corrected chi connectivity index (χ4v) is 2.90. The second kappa shape index (κ2) is 7.59. The van der Waals surface area contributed by atoms with E-state index < -0.39 is 0 Å². The van der Waals surface area contributed by atoms with Crippen LogP contribution in [0.1, 0.15) is 28.9 Å². The van der Waals surface area contributed by atoms with Gasteiger partial charge in [-0.3, -0.25) is 4.79 Å². The number of carbonyl (C=O) groups is 1. The number of aromatic nitrogens is 2. The first kappa shape index (κ1) is 16.7. The number of para-hydroxylation sites is 1. The minimum absolute atomic E-state index is 0.0797. The van der Waals surface area contributed by atoms with Gasteiger partial charge in [0, 0.05) is 25.9 Å². The van der Waals surface area contributed by atoms with Crippen LogP contribution >= 0.6 is 0 Å². The van der Waals surface area contributed by atoms with Gasteiger partial charge in [-0.1, -0.05) is 12.1 Å². The summed E-state index contributed by atoms with van der Waals surface area (Å²) in [5.74, 6) is -0.0797. The number of nitrogens with zero attached hydrogens (tertiary/aromatic N) is 3. The van der Waals surface area contributed by atoms with Crippen LogP contribution in [0.25, 0.3) is 5.69 Å². The van der Waals surface area contributed by atoms with Gasteiger partial charge >= 0.3 is 0 Å². The molecular formula is C18H24N4O2. The molecule has 6 heteroatoms. The zero-order valence-electron chi connectivity index (χ0n) is 14.2. The molecule has 1 N–H and O–H groups in total. The summed E-state index contributed by atoms with van der Waals surface area (Å²) in [6.07, 6.45) is 5.94. The molecule has 1 amide bonds. The Kier molecular flexibility index (Phi) is 5.27. The van der Waals surface area contributed by atoms with E-state index in [0.717, 1.165) is 37.4 Å². The summed E-state index contributed by atoms with van der Waals surface area (Å²) < 4.78 is 7.46. The molecule has 1 aliphatic rings. The highest BCUT2D eigenvalue weighted by Gasteiger charge is 2.18. The molecule has 0 spiro atoms. The highest BCUT2D eigenvalue weighted by Crippen LogP contribution is 2.16. The van der Waals surface area contributed by atoms with Crippen LogP contribution < -0.4 is 5.32 Å². The van der Waals surface area contributed by atoms with E-state index in [2.05, 4.69) is 15.2 Å². The number of benzene rings is 1. The van der Waals surface area contributed by atoms with Gasteiger partial charge < -0.3 is 19.5 Å². The van der Waals surface area contributed by atoms with E-state index in [0.29, 0.717) is 12.1 Å². The van der Waals surface area contributed by atoms with Crippen LogP contribution in [0.3, 0.4) is 0 Å². The summed E-state index contributed by atoms with van der Waals surface area (Å²) in [5, 5.41) is 2.98. The summed E-state index contributed by atoms with van der Waals surface area (Å²) in [6, 6.07) is 7.58. The Balaban J connectivity index is 1.74. The number of nitrogens with one attached hydrogen (secondary N) is 1. The van der Waals surface area contributed by atoms with Crippen LogP contribution in [0, 0.1) is 0 Å². The van der Waals surface area contributed by atoms with Crippen molar-refractivity contribution in [1.29, 1.82) is 0 Å². The van der Waals surface area contributed by atoms with Crippen LogP contribution in [0.2, 0.25) is 0 Å². The third kappa shape index (κ3) is 4.01. The zero-order chi connectivity index (χ0) is 16.9. The van der Waals surface area contributed by atoms with Crippen molar-refractivity contribution in [3.05, 3.63) is 48.0 Å². The van der Waals surface area contributed by atoms with Gasteiger partial charge in [-0.25, -0.2) is 4.98 Å². The summed E-state index contributed by atoms with van der Waals surface area (Å²) in [6.45, 7) is 2.12. The Bertz CT molecular complexity index is 690. The number of carbonyl (C=O) groups excluding carboxylic acids is 1. The van der Waals surface area contributed by atoms with Crippen LogP contribution in [-0.4, -0.2) is 53.7 Å². The van der Waals surface area contributed by atoms with Crippen molar-refractivity contribution in [2.24, 2.45) is 0 Å². The molecule has 1 saturated heterocycles. The smallest absolute Gasteiger partial charge is 0.253 e. The van der Waals surface area contributed by atoms with E-state index >= 15 is 0 Å². The first-order chi connectivity index (χ1) is 11.6. The summed E-state index contributed by atoms with van der Waals surface area (Å²) >= 11 is 0. The van der Waals surface area contributed by atoms with Gasteiger partial charge in [-0.15, -0.1) is 0 Å². The maximum atomic E-state index is 12.6. The molecule has 3 rings (SSSR count). The van der Waals surface area contributed by atoms with Crippen molar-refractivity contribution in [2.75, 3.05) is 27.2 Å². The maximum Gasteiger partial charge on any atom is 0.253 e. The molecule has 1 aromatic heterocycles. The van der Waals surface area contributed by atoms with Crippen LogP contribution in [0.5, 0.6) is 0 Å². The minimum atomic E-state index is -0.0797. The van der Waals surface area contributed by atoms with E-state index in [-0.39, 0.29) is 12.0 Å². The molecule has 0 aliphatic carbocycles. The highest BCUT2D eigenvalue weighted by atomic mass is 16.5. The lowest BCUT2D eigenvalue weighted by molar-refractivity contribution is 0.0858. The highest BCUT2D eigenvalue weighted by molar-refractivity contribution is 5.97. The summed E-state index contributed by atoms with van der Waals surface area (Å²) in [5.41, 5.74) is 2.44. The average Bonchev–Trinajstić information content (AvgIpc) is 3.24. The van der Waals surface area contributed by atoms with Crippen molar-refractivity contribution in [3.8, 4) is 5.69 Å². The van der Waals surface area contributed by atoms with E-state index in [1.807, 2.05) is 49.1 Å². The second-order valence-corrected chi connectivity index (χ2v) is 6.37. The van der Waals surface area contributed by atoms with Gasteiger partial charge in [0.2, 0.25) is 0 Å². The Morgan fingerprint density at radius 2 is 2.25 bits per heavy atom. The molecule has 1 unspecified atom stereocenters. The molecule has 1 atom stereocenters. The van der Waals surface area contributed by atoms with E-state index in [4.69, 9.17) is 4.74 Å². The molecule has 0 radical (unpaired) electrons. The Morgan fingerprint density at radius 3 is 3.00 bits per heavy atom. The van der Waals surface area contributed by atoms with Gasteiger partial charge in [0.15, 0.2) is 0 Å². The fraction of sp³-hybridized carbons (Fsp3) is 0.444. The lowest BCUT2D eigenvalue weighted by atomic mass is 10.1. The number of ether oxygens (including phenoxy) is 1. The summed E-state index contributed by atoms with van der Waals surface area (Å²) in [4.78, 5) is 19.0. The molecule has 6 nitrogen and oxygen atoms in total. The van der Waals surface area contributed by atoms with Gasteiger partial charge in [0.05, 0.1) is 29.4 Å². The molecule has 24 heavy (non-hydrogen) atoms. The molecule has 128 valence electrons. The SMILES string of the molecule is CN(C)Cc1cn(-c2ccccc2C(=O)NCC2CCCO2)cn1. The van der Waals surface area contributed by atoms with E-state index in [1.54, 1.807) is 6.33 Å². The number of imidazole rings is 1. The molecule has 2 heterocycles. The molecule has 1 aliphatic heterocycles. The largest absolute Gasteiger partial charge is 0.376 e. The molecular weight excluding hydrogens is 304 g/mol.